The molecule has 4 rings (SSSR count). The molecule has 3 heterocycles. The Morgan fingerprint density at radius 2 is 2.00 bits per heavy atom. The lowest BCUT2D eigenvalue weighted by molar-refractivity contribution is 0.607. The van der Waals surface area contributed by atoms with Crippen molar-refractivity contribution >= 4 is 32.7 Å². The highest BCUT2D eigenvalue weighted by atomic mass is 32.2. The minimum absolute atomic E-state index is 0.506. The summed E-state index contributed by atoms with van der Waals surface area (Å²) in [6, 6.07) is 14.9. The van der Waals surface area contributed by atoms with Gasteiger partial charge in [0.25, 0.3) is 0 Å². The quantitative estimate of drug-likeness (QED) is 0.596. The van der Waals surface area contributed by atoms with Crippen molar-refractivity contribution in [3.63, 3.8) is 0 Å². The molecule has 0 saturated heterocycles. The number of sulfonamides is 1. The molecule has 0 aliphatic rings. The third kappa shape index (κ3) is 3.26. The number of thiophene rings is 1. The van der Waals surface area contributed by atoms with Gasteiger partial charge in [-0.1, -0.05) is 18.2 Å². The zero-order valence-electron chi connectivity index (χ0n) is 13.2. The summed E-state index contributed by atoms with van der Waals surface area (Å²) in [5.41, 5.74) is 3.75. The van der Waals surface area contributed by atoms with Gasteiger partial charge in [-0.25, -0.2) is 17.9 Å². The molecule has 1 N–H and O–H groups in total. The van der Waals surface area contributed by atoms with Crippen LogP contribution in [0.25, 0.3) is 27.5 Å². The normalized spacial score (nSPS) is 11.7. The maximum absolute atomic E-state index is 11.4. The smallest absolute Gasteiger partial charge is 0.229 e. The van der Waals surface area contributed by atoms with Gasteiger partial charge in [0.05, 0.1) is 23.0 Å². The summed E-state index contributed by atoms with van der Waals surface area (Å²) in [5.74, 6) is 0. The Morgan fingerprint density at radius 3 is 2.76 bits per heavy atom. The summed E-state index contributed by atoms with van der Waals surface area (Å²) >= 11 is 1.63. The van der Waals surface area contributed by atoms with Gasteiger partial charge in [0.15, 0.2) is 5.65 Å². The fourth-order valence-corrected chi connectivity index (χ4v) is 3.85. The molecule has 0 atom stereocenters. The fraction of sp³-hybridized carbons (Fsp3) is 0.0588. The van der Waals surface area contributed by atoms with Crippen molar-refractivity contribution in [1.82, 2.24) is 14.6 Å². The minimum atomic E-state index is -3.32. The summed E-state index contributed by atoms with van der Waals surface area (Å²) < 4.78 is 27.1. The number of fused-ring (bicyclic) bond motifs is 1. The van der Waals surface area contributed by atoms with E-state index in [-0.39, 0.29) is 0 Å². The van der Waals surface area contributed by atoms with Gasteiger partial charge in [0, 0.05) is 11.3 Å². The van der Waals surface area contributed by atoms with Crippen molar-refractivity contribution in [3.8, 4) is 21.8 Å². The number of anilines is 1. The van der Waals surface area contributed by atoms with Crippen LogP contribution in [0.3, 0.4) is 0 Å². The lowest BCUT2D eigenvalue weighted by Crippen LogP contribution is -2.09. The molecule has 0 fully saturated rings. The van der Waals surface area contributed by atoms with Gasteiger partial charge in [-0.2, -0.15) is 5.10 Å². The molecular formula is C17H14N4O2S2. The summed E-state index contributed by atoms with van der Waals surface area (Å²) in [6.07, 6.45) is 2.93. The number of nitrogens with one attached hydrogen (secondary N) is 1. The number of benzene rings is 1. The molecule has 8 heteroatoms. The molecule has 4 aromatic rings. The van der Waals surface area contributed by atoms with Gasteiger partial charge in [-0.15, -0.1) is 11.3 Å². The lowest BCUT2D eigenvalue weighted by Gasteiger charge is -2.07. The standard InChI is InChI=1S/C17H14N4O2S2/c1-25(22,23)20-13-5-2-4-12(10-13)14-7-8-17-18-11-15(21(17)19-14)16-6-3-9-24-16/h2-11,20H,1H3. The Balaban J connectivity index is 1.80. The number of imidazole rings is 1. The van der Waals surface area contributed by atoms with E-state index in [2.05, 4.69) is 14.8 Å². The van der Waals surface area contributed by atoms with Crippen LogP contribution in [0.15, 0.2) is 60.1 Å². The summed E-state index contributed by atoms with van der Waals surface area (Å²) in [7, 11) is -3.32. The van der Waals surface area contributed by atoms with Crippen LogP contribution >= 0.6 is 11.3 Å². The van der Waals surface area contributed by atoms with Crippen molar-refractivity contribution in [1.29, 1.82) is 0 Å². The molecule has 126 valence electrons. The first kappa shape index (κ1) is 15.8. The molecule has 0 bridgehead atoms. The predicted octanol–water partition coefficient (Wildman–Crippen LogP) is 3.50. The van der Waals surface area contributed by atoms with Crippen molar-refractivity contribution in [2.75, 3.05) is 11.0 Å². The monoisotopic (exact) mass is 370 g/mol. The molecule has 1 aromatic carbocycles. The zero-order chi connectivity index (χ0) is 17.4. The van der Waals surface area contributed by atoms with E-state index in [1.807, 2.05) is 35.7 Å². The van der Waals surface area contributed by atoms with Gasteiger partial charge in [0.2, 0.25) is 10.0 Å². The molecule has 3 aromatic heterocycles. The minimum Gasteiger partial charge on any atom is -0.284 e. The molecule has 6 nitrogen and oxygen atoms in total. The molecule has 0 spiro atoms. The van der Waals surface area contributed by atoms with Gasteiger partial charge < -0.3 is 0 Å². The SMILES string of the molecule is CS(=O)(=O)Nc1cccc(-c2ccc3ncc(-c4cccs4)n3n2)c1. The number of hydrogen-bond acceptors (Lipinski definition) is 5. The molecule has 0 saturated carbocycles. The Morgan fingerprint density at radius 1 is 1.12 bits per heavy atom. The summed E-state index contributed by atoms with van der Waals surface area (Å²) in [6.45, 7) is 0. The van der Waals surface area contributed by atoms with Crippen molar-refractivity contribution in [2.45, 2.75) is 0 Å². The Kier molecular flexibility index (Phi) is 3.78. The molecule has 0 aliphatic heterocycles. The zero-order valence-corrected chi connectivity index (χ0v) is 14.9. The Hall–Kier alpha value is -2.71. The van der Waals surface area contributed by atoms with Crippen LogP contribution in [0.1, 0.15) is 0 Å². The second kappa shape index (κ2) is 5.98. The lowest BCUT2D eigenvalue weighted by atomic mass is 10.1. The van der Waals surface area contributed by atoms with E-state index >= 15 is 0 Å². The molecule has 0 aliphatic carbocycles. The highest BCUT2D eigenvalue weighted by Crippen LogP contribution is 2.27. The topological polar surface area (TPSA) is 76.4 Å². The van der Waals surface area contributed by atoms with E-state index in [1.54, 1.807) is 40.2 Å². The number of hydrogen-bond donors (Lipinski definition) is 1. The average molecular weight is 370 g/mol. The molecule has 25 heavy (non-hydrogen) atoms. The van der Waals surface area contributed by atoms with Crippen LogP contribution in [0.2, 0.25) is 0 Å². The van der Waals surface area contributed by atoms with E-state index in [4.69, 9.17) is 0 Å². The van der Waals surface area contributed by atoms with Crippen LogP contribution in [-0.2, 0) is 10.0 Å². The number of rotatable bonds is 4. The van der Waals surface area contributed by atoms with E-state index in [0.717, 1.165) is 33.7 Å². The first-order chi connectivity index (χ1) is 12.0. The van der Waals surface area contributed by atoms with Crippen LogP contribution in [0.5, 0.6) is 0 Å². The van der Waals surface area contributed by atoms with E-state index < -0.39 is 10.0 Å². The van der Waals surface area contributed by atoms with Crippen LogP contribution in [0, 0.1) is 0 Å². The Labute approximate surface area is 148 Å². The third-order valence-corrected chi connectivity index (χ3v) is 5.10. The second-order valence-corrected chi connectivity index (χ2v) is 8.26. The maximum Gasteiger partial charge on any atom is 0.229 e. The first-order valence-electron chi connectivity index (χ1n) is 7.46. The van der Waals surface area contributed by atoms with Crippen LogP contribution in [-0.4, -0.2) is 29.3 Å². The van der Waals surface area contributed by atoms with E-state index in [0.29, 0.717) is 5.69 Å². The Bertz CT molecular complexity index is 1150. The molecule has 0 amide bonds. The number of nitrogens with zero attached hydrogens (tertiary/aromatic N) is 3. The third-order valence-electron chi connectivity index (χ3n) is 3.60. The average Bonchev–Trinajstić information content (AvgIpc) is 3.22. The van der Waals surface area contributed by atoms with Gasteiger partial charge in [-0.3, -0.25) is 4.72 Å². The number of aromatic nitrogens is 3. The van der Waals surface area contributed by atoms with Gasteiger partial charge >= 0.3 is 0 Å². The van der Waals surface area contributed by atoms with Gasteiger partial charge in [-0.05, 0) is 35.7 Å². The highest BCUT2D eigenvalue weighted by molar-refractivity contribution is 7.92. The maximum atomic E-state index is 11.4. The summed E-state index contributed by atoms with van der Waals surface area (Å²) in [4.78, 5) is 5.48. The fourth-order valence-electron chi connectivity index (χ4n) is 2.58. The summed E-state index contributed by atoms with van der Waals surface area (Å²) in [5, 5.41) is 6.70. The van der Waals surface area contributed by atoms with E-state index in [1.165, 1.54) is 0 Å². The molecule has 0 unspecified atom stereocenters. The molecular weight excluding hydrogens is 356 g/mol. The van der Waals surface area contributed by atoms with Gasteiger partial charge in [0.1, 0.15) is 5.69 Å². The second-order valence-electron chi connectivity index (χ2n) is 5.56. The van der Waals surface area contributed by atoms with Crippen molar-refractivity contribution in [3.05, 3.63) is 60.1 Å². The highest BCUT2D eigenvalue weighted by Gasteiger charge is 2.10. The van der Waals surface area contributed by atoms with Crippen molar-refractivity contribution < 1.29 is 8.42 Å². The largest absolute Gasteiger partial charge is 0.284 e. The van der Waals surface area contributed by atoms with Crippen LogP contribution in [0.4, 0.5) is 5.69 Å². The van der Waals surface area contributed by atoms with E-state index in [9.17, 15) is 8.42 Å². The van der Waals surface area contributed by atoms with Crippen LogP contribution < -0.4 is 4.72 Å². The van der Waals surface area contributed by atoms with Crippen molar-refractivity contribution in [2.24, 2.45) is 0 Å². The predicted molar refractivity (Wildman–Crippen MR) is 100 cm³/mol. The first-order valence-corrected chi connectivity index (χ1v) is 10.2. The molecule has 0 radical (unpaired) electrons.